The van der Waals surface area contributed by atoms with Gasteiger partial charge in [-0.25, -0.2) is 4.98 Å². The molecule has 0 bridgehead atoms. The molecule has 7 nitrogen and oxygen atoms in total. The lowest BCUT2D eigenvalue weighted by molar-refractivity contribution is 0.0702. The summed E-state index contributed by atoms with van der Waals surface area (Å²) in [6.07, 6.45) is 3.72. The van der Waals surface area contributed by atoms with Crippen molar-refractivity contribution in [3.05, 3.63) is 47.8 Å². The van der Waals surface area contributed by atoms with Crippen molar-refractivity contribution in [2.45, 2.75) is 18.8 Å². The Morgan fingerprint density at radius 3 is 2.86 bits per heavy atom. The summed E-state index contributed by atoms with van der Waals surface area (Å²) in [5.41, 5.74) is 2.44. The van der Waals surface area contributed by atoms with Crippen LogP contribution < -0.4 is 9.47 Å². The number of methoxy groups -OCH3 is 2. The molecule has 1 saturated heterocycles. The first-order valence-corrected chi connectivity index (χ1v) is 9.41. The lowest BCUT2D eigenvalue weighted by atomic mass is 9.92. The summed E-state index contributed by atoms with van der Waals surface area (Å²) in [7, 11) is 5.07. The number of hydrogen-bond donors (Lipinski definition) is 0. The Kier molecular flexibility index (Phi) is 4.90. The number of piperidine rings is 1. The maximum absolute atomic E-state index is 13.2. The molecule has 2 aromatic heterocycles. The highest BCUT2D eigenvalue weighted by molar-refractivity contribution is 5.97. The molecule has 0 N–H and O–H groups in total. The van der Waals surface area contributed by atoms with E-state index in [1.807, 2.05) is 22.7 Å². The molecule has 1 amide bonds. The van der Waals surface area contributed by atoms with Gasteiger partial charge in [-0.2, -0.15) is 5.10 Å². The van der Waals surface area contributed by atoms with Gasteiger partial charge >= 0.3 is 0 Å². The summed E-state index contributed by atoms with van der Waals surface area (Å²) in [5, 5.41) is 5.77. The molecule has 1 aliphatic heterocycles. The Labute approximate surface area is 163 Å². The first-order chi connectivity index (χ1) is 13.6. The van der Waals surface area contributed by atoms with E-state index in [1.165, 1.54) is 0 Å². The molecule has 0 aliphatic carbocycles. The number of carbonyl (C=O) groups excluding carboxylic acids is 1. The van der Waals surface area contributed by atoms with Crippen LogP contribution in [0.15, 0.2) is 36.5 Å². The summed E-state index contributed by atoms with van der Waals surface area (Å²) in [5.74, 6) is 1.36. The number of ether oxygens (including phenoxy) is 2. The van der Waals surface area contributed by atoms with E-state index in [-0.39, 0.29) is 11.8 Å². The number of fused-ring (bicyclic) bond motifs is 1. The van der Waals surface area contributed by atoms with Crippen molar-refractivity contribution in [2.75, 3.05) is 27.3 Å². The van der Waals surface area contributed by atoms with Crippen molar-refractivity contribution < 1.29 is 14.3 Å². The number of rotatable bonds is 4. The van der Waals surface area contributed by atoms with Crippen LogP contribution in [0.5, 0.6) is 11.5 Å². The van der Waals surface area contributed by atoms with Gasteiger partial charge in [0.15, 0.2) is 5.65 Å². The van der Waals surface area contributed by atoms with Crippen LogP contribution in [0.4, 0.5) is 0 Å². The number of hydrogen-bond acceptors (Lipinski definition) is 5. The molecule has 0 saturated carbocycles. The normalized spacial score (nSPS) is 17.0. The molecular formula is C21H24N4O3. The van der Waals surface area contributed by atoms with Gasteiger partial charge in [-0.3, -0.25) is 9.48 Å². The molecule has 1 atom stereocenters. The van der Waals surface area contributed by atoms with Crippen LogP contribution in [0, 0.1) is 0 Å². The van der Waals surface area contributed by atoms with Crippen LogP contribution in [0.1, 0.15) is 34.8 Å². The average Bonchev–Trinajstić information content (AvgIpc) is 3.09. The summed E-state index contributed by atoms with van der Waals surface area (Å²) in [6, 6.07) is 9.28. The van der Waals surface area contributed by atoms with E-state index < -0.39 is 0 Å². The van der Waals surface area contributed by atoms with Crippen molar-refractivity contribution in [3.63, 3.8) is 0 Å². The van der Waals surface area contributed by atoms with E-state index in [1.54, 1.807) is 38.6 Å². The van der Waals surface area contributed by atoms with E-state index in [2.05, 4.69) is 11.1 Å². The predicted octanol–water partition coefficient (Wildman–Crippen LogP) is 3.01. The predicted molar refractivity (Wildman–Crippen MR) is 106 cm³/mol. The minimum Gasteiger partial charge on any atom is -0.497 e. The molecule has 3 heterocycles. The maximum atomic E-state index is 13.2. The molecule has 146 valence electrons. The highest BCUT2D eigenvalue weighted by Gasteiger charge is 2.30. The Hall–Kier alpha value is -3.09. The van der Waals surface area contributed by atoms with Crippen molar-refractivity contribution in [1.29, 1.82) is 0 Å². The number of pyridine rings is 1. The summed E-state index contributed by atoms with van der Waals surface area (Å²) >= 11 is 0. The Morgan fingerprint density at radius 1 is 1.21 bits per heavy atom. The fraction of sp³-hybridized carbons (Fsp3) is 0.381. The number of amides is 1. The molecule has 4 rings (SSSR count). The zero-order valence-electron chi connectivity index (χ0n) is 16.4. The first kappa shape index (κ1) is 18.3. The minimum atomic E-state index is -0.0254. The highest BCUT2D eigenvalue weighted by Crippen LogP contribution is 2.32. The molecule has 3 aromatic rings. The van der Waals surface area contributed by atoms with Crippen molar-refractivity contribution in [2.24, 2.45) is 7.05 Å². The van der Waals surface area contributed by atoms with Crippen molar-refractivity contribution in [1.82, 2.24) is 19.7 Å². The lowest BCUT2D eigenvalue weighted by Gasteiger charge is -2.32. The monoisotopic (exact) mass is 380 g/mol. The summed E-state index contributed by atoms with van der Waals surface area (Å²) in [4.78, 5) is 19.5. The van der Waals surface area contributed by atoms with Gasteiger partial charge < -0.3 is 14.4 Å². The zero-order valence-corrected chi connectivity index (χ0v) is 16.4. The molecule has 0 spiro atoms. The van der Waals surface area contributed by atoms with Crippen molar-refractivity contribution in [3.8, 4) is 11.5 Å². The van der Waals surface area contributed by atoms with E-state index in [0.717, 1.165) is 36.1 Å². The Balaban J connectivity index is 1.61. The fourth-order valence-electron chi connectivity index (χ4n) is 3.95. The van der Waals surface area contributed by atoms with Gasteiger partial charge in [0.25, 0.3) is 5.91 Å². The fourth-order valence-corrected chi connectivity index (χ4v) is 3.95. The van der Waals surface area contributed by atoms with Gasteiger partial charge in [-0.1, -0.05) is 0 Å². The standard InChI is InChI=1S/C21H24N4O3/c1-24-20-17(7-4-10-22-20)19(23-24)14-6-5-11-25(13-14)21(26)16-9-8-15(27-2)12-18(16)28-3/h4,7-10,12,14H,5-6,11,13H2,1-3H3. The van der Waals surface area contributed by atoms with Gasteiger partial charge in [0.1, 0.15) is 11.5 Å². The van der Waals surface area contributed by atoms with Crippen LogP contribution in [-0.4, -0.2) is 52.9 Å². The van der Waals surface area contributed by atoms with E-state index in [4.69, 9.17) is 14.6 Å². The number of likely N-dealkylation sites (tertiary alicyclic amines) is 1. The molecule has 1 aliphatic rings. The van der Waals surface area contributed by atoms with Crippen LogP contribution in [0.3, 0.4) is 0 Å². The molecule has 0 radical (unpaired) electrons. The first-order valence-electron chi connectivity index (χ1n) is 9.41. The van der Waals surface area contributed by atoms with Gasteiger partial charge in [0.2, 0.25) is 0 Å². The third kappa shape index (κ3) is 3.17. The largest absolute Gasteiger partial charge is 0.497 e. The molecule has 28 heavy (non-hydrogen) atoms. The molecule has 1 unspecified atom stereocenters. The number of benzene rings is 1. The third-order valence-corrected chi connectivity index (χ3v) is 5.36. The number of aryl methyl sites for hydroxylation is 1. The number of carbonyl (C=O) groups is 1. The van der Waals surface area contributed by atoms with E-state index >= 15 is 0 Å². The van der Waals surface area contributed by atoms with E-state index in [0.29, 0.717) is 23.6 Å². The van der Waals surface area contributed by atoms with E-state index in [9.17, 15) is 4.79 Å². The lowest BCUT2D eigenvalue weighted by Crippen LogP contribution is -2.39. The molecular weight excluding hydrogens is 356 g/mol. The smallest absolute Gasteiger partial charge is 0.257 e. The minimum absolute atomic E-state index is 0.0254. The average molecular weight is 380 g/mol. The highest BCUT2D eigenvalue weighted by atomic mass is 16.5. The molecule has 1 aromatic carbocycles. The third-order valence-electron chi connectivity index (χ3n) is 5.36. The second kappa shape index (κ2) is 7.50. The van der Waals surface area contributed by atoms with Crippen molar-refractivity contribution >= 4 is 16.9 Å². The van der Waals surface area contributed by atoms with Crippen LogP contribution in [0.2, 0.25) is 0 Å². The molecule has 7 heteroatoms. The van der Waals surface area contributed by atoms with Gasteiger partial charge in [-0.15, -0.1) is 0 Å². The Morgan fingerprint density at radius 2 is 2.07 bits per heavy atom. The maximum Gasteiger partial charge on any atom is 0.257 e. The van der Waals surface area contributed by atoms with Gasteiger partial charge in [-0.05, 0) is 37.1 Å². The van der Waals surface area contributed by atoms with Crippen LogP contribution in [-0.2, 0) is 7.05 Å². The summed E-state index contributed by atoms with van der Waals surface area (Å²) in [6.45, 7) is 1.36. The Bertz CT molecular complexity index is 1010. The summed E-state index contributed by atoms with van der Waals surface area (Å²) < 4.78 is 12.5. The quantitative estimate of drug-likeness (QED) is 0.696. The SMILES string of the molecule is COc1ccc(C(=O)N2CCCC(c3nn(C)c4ncccc34)C2)c(OC)c1. The van der Waals surface area contributed by atoms with Gasteiger partial charge in [0, 0.05) is 43.7 Å². The number of nitrogens with zero attached hydrogens (tertiary/aromatic N) is 4. The van der Waals surface area contributed by atoms with Gasteiger partial charge in [0.05, 0.1) is 25.5 Å². The second-order valence-corrected chi connectivity index (χ2v) is 7.04. The second-order valence-electron chi connectivity index (χ2n) is 7.04. The van der Waals surface area contributed by atoms with Crippen LogP contribution >= 0.6 is 0 Å². The molecule has 1 fully saturated rings. The number of aromatic nitrogens is 3. The topological polar surface area (TPSA) is 69.5 Å². The zero-order chi connectivity index (χ0) is 19.7. The van der Waals surface area contributed by atoms with Crippen LogP contribution in [0.25, 0.3) is 11.0 Å².